The summed E-state index contributed by atoms with van der Waals surface area (Å²) >= 11 is 2.19. The number of rotatable bonds is 3. The quantitative estimate of drug-likeness (QED) is 0.451. The molecule has 3 rings (SSSR count). The van der Waals surface area contributed by atoms with Crippen LogP contribution in [0.5, 0.6) is 0 Å². The zero-order valence-electron chi connectivity index (χ0n) is 13.0. The molecular weight excluding hydrogens is 436 g/mol. The van der Waals surface area contributed by atoms with Crippen LogP contribution in [0.2, 0.25) is 0 Å². The molecule has 0 aliphatic carbocycles. The number of nitriles is 1. The molecule has 0 unspecified atom stereocenters. The zero-order valence-corrected chi connectivity index (χ0v) is 15.2. The molecule has 0 aliphatic rings. The molecule has 0 N–H and O–H groups in total. The van der Waals surface area contributed by atoms with Crippen LogP contribution >= 0.6 is 22.6 Å². The van der Waals surface area contributed by atoms with E-state index in [-0.39, 0.29) is 11.3 Å². The van der Waals surface area contributed by atoms with Crippen LogP contribution in [0.25, 0.3) is 16.9 Å². The number of hydrogen-bond acceptors (Lipinski definition) is 4. The van der Waals surface area contributed by atoms with Gasteiger partial charge in [-0.2, -0.15) is 10.4 Å². The molecule has 7 heteroatoms. The fourth-order valence-corrected chi connectivity index (χ4v) is 2.69. The van der Waals surface area contributed by atoms with Crippen molar-refractivity contribution in [3.8, 4) is 23.0 Å². The number of carbonyl (C=O) groups is 1. The van der Waals surface area contributed by atoms with E-state index >= 15 is 0 Å². The van der Waals surface area contributed by atoms with Gasteiger partial charge in [-0.3, -0.25) is 0 Å². The molecule has 2 aromatic carbocycles. The Balaban J connectivity index is 2.19. The second-order valence-electron chi connectivity index (χ2n) is 5.10. The lowest BCUT2D eigenvalue weighted by atomic mass is 10.1. The standard InChI is InChI=1S/C18H11FIN3O2/c1-25-18(24)16-9-17(11-2-3-12(10-21)15(19)8-11)23(22-16)14-6-4-13(20)5-7-14/h2-9H,1H3. The van der Waals surface area contributed by atoms with Crippen molar-refractivity contribution in [1.82, 2.24) is 9.78 Å². The third-order valence-electron chi connectivity index (χ3n) is 3.56. The van der Waals surface area contributed by atoms with Crippen LogP contribution in [0.15, 0.2) is 48.5 Å². The van der Waals surface area contributed by atoms with Gasteiger partial charge in [0, 0.05) is 9.13 Å². The number of methoxy groups -OCH3 is 1. The van der Waals surface area contributed by atoms with Gasteiger partial charge in [0.2, 0.25) is 0 Å². The van der Waals surface area contributed by atoms with Crippen molar-refractivity contribution in [2.24, 2.45) is 0 Å². The van der Waals surface area contributed by atoms with Gasteiger partial charge >= 0.3 is 5.97 Å². The van der Waals surface area contributed by atoms with Gasteiger partial charge in [0.25, 0.3) is 0 Å². The molecule has 0 bridgehead atoms. The minimum Gasteiger partial charge on any atom is -0.464 e. The molecule has 5 nitrogen and oxygen atoms in total. The van der Waals surface area contributed by atoms with Crippen molar-refractivity contribution in [2.75, 3.05) is 7.11 Å². The summed E-state index contributed by atoms with van der Waals surface area (Å²) in [4.78, 5) is 11.8. The number of halogens is 2. The molecule has 124 valence electrons. The summed E-state index contributed by atoms with van der Waals surface area (Å²) in [7, 11) is 1.27. The first-order valence-electron chi connectivity index (χ1n) is 7.18. The van der Waals surface area contributed by atoms with Crippen molar-refractivity contribution in [3.05, 3.63) is 69.2 Å². The van der Waals surface area contributed by atoms with Crippen molar-refractivity contribution in [1.29, 1.82) is 5.26 Å². The first-order valence-corrected chi connectivity index (χ1v) is 8.25. The highest BCUT2D eigenvalue weighted by Gasteiger charge is 2.18. The summed E-state index contributed by atoms with van der Waals surface area (Å²) in [6, 6.07) is 15.1. The van der Waals surface area contributed by atoms with Crippen LogP contribution in [-0.2, 0) is 4.74 Å². The lowest BCUT2D eigenvalue weighted by Gasteiger charge is -2.08. The van der Waals surface area contributed by atoms with E-state index in [0.29, 0.717) is 11.3 Å². The highest BCUT2D eigenvalue weighted by Crippen LogP contribution is 2.26. The number of esters is 1. The molecule has 0 spiro atoms. The summed E-state index contributed by atoms with van der Waals surface area (Å²) in [5.41, 5.74) is 1.80. The summed E-state index contributed by atoms with van der Waals surface area (Å²) in [5, 5.41) is 13.2. The molecule has 3 aromatic rings. The maximum Gasteiger partial charge on any atom is 0.358 e. The average molecular weight is 447 g/mol. The fourth-order valence-electron chi connectivity index (χ4n) is 2.34. The molecule has 0 saturated heterocycles. The van der Waals surface area contributed by atoms with E-state index in [1.807, 2.05) is 24.3 Å². The Labute approximate surface area is 156 Å². The second kappa shape index (κ2) is 7.03. The van der Waals surface area contributed by atoms with Gasteiger partial charge in [-0.15, -0.1) is 0 Å². The third-order valence-corrected chi connectivity index (χ3v) is 4.28. The lowest BCUT2D eigenvalue weighted by Crippen LogP contribution is -2.04. The van der Waals surface area contributed by atoms with E-state index in [2.05, 4.69) is 27.7 Å². The van der Waals surface area contributed by atoms with E-state index in [1.165, 1.54) is 25.3 Å². The van der Waals surface area contributed by atoms with E-state index in [4.69, 9.17) is 10.00 Å². The Bertz CT molecular complexity index is 991. The van der Waals surface area contributed by atoms with E-state index in [9.17, 15) is 9.18 Å². The number of benzene rings is 2. The zero-order chi connectivity index (χ0) is 18.0. The molecule has 0 radical (unpaired) electrons. The Hall–Kier alpha value is -2.73. The summed E-state index contributed by atoms with van der Waals surface area (Å²) < 4.78 is 21.3. The van der Waals surface area contributed by atoms with Crippen LogP contribution in [0.1, 0.15) is 16.1 Å². The second-order valence-corrected chi connectivity index (χ2v) is 6.35. The molecule has 1 heterocycles. The Morgan fingerprint density at radius 1 is 1.24 bits per heavy atom. The number of aromatic nitrogens is 2. The largest absolute Gasteiger partial charge is 0.464 e. The van der Waals surface area contributed by atoms with Gasteiger partial charge in [-0.1, -0.05) is 6.07 Å². The molecule has 0 amide bonds. The summed E-state index contributed by atoms with van der Waals surface area (Å²) in [5.74, 6) is -1.21. The van der Waals surface area contributed by atoms with Crippen molar-refractivity contribution < 1.29 is 13.9 Å². The summed E-state index contributed by atoms with van der Waals surface area (Å²) in [6.45, 7) is 0. The van der Waals surface area contributed by atoms with Gasteiger partial charge in [-0.25, -0.2) is 13.9 Å². The molecule has 0 atom stereocenters. The van der Waals surface area contributed by atoms with Crippen LogP contribution < -0.4 is 0 Å². The first kappa shape index (κ1) is 17.1. The number of hydrogen-bond donors (Lipinski definition) is 0. The Kier molecular flexibility index (Phi) is 4.81. The minimum absolute atomic E-state index is 0.0442. The van der Waals surface area contributed by atoms with Crippen molar-refractivity contribution in [3.63, 3.8) is 0 Å². The van der Waals surface area contributed by atoms with Gasteiger partial charge in [0.15, 0.2) is 5.69 Å². The van der Waals surface area contributed by atoms with Crippen molar-refractivity contribution >= 4 is 28.6 Å². The Morgan fingerprint density at radius 2 is 1.96 bits per heavy atom. The molecule has 0 aliphatic heterocycles. The molecule has 0 fully saturated rings. The van der Waals surface area contributed by atoms with Crippen LogP contribution in [0.3, 0.4) is 0 Å². The molecule has 0 saturated carbocycles. The van der Waals surface area contributed by atoms with E-state index in [0.717, 1.165) is 9.26 Å². The SMILES string of the molecule is COC(=O)c1cc(-c2ccc(C#N)c(F)c2)n(-c2ccc(I)cc2)n1. The lowest BCUT2D eigenvalue weighted by molar-refractivity contribution is 0.0593. The normalized spacial score (nSPS) is 10.3. The summed E-state index contributed by atoms with van der Waals surface area (Å²) in [6.07, 6.45) is 0. The van der Waals surface area contributed by atoms with Gasteiger partial charge in [-0.05, 0) is 65.1 Å². The third kappa shape index (κ3) is 3.39. The van der Waals surface area contributed by atoms with E-state index in [1.54, 1.807) is 16.8 Å². The van der Waals surface area contributed by atoms with Crippen LogP contribution in [-0.4, -0.2) is 22.9 Å². The van der Waals surface area contributed by atoms with Gasteiger partial charge < -0.3 is 4.74 Å². The van der Waals surface area contributed by atoms with Crippen LogP contribution in [0, 0.1) is 20.7 Å². The smallest absolute Gasteiger partial charge is 0.358 e. The molecule has 25 heavy (non-hydrogen) atoms. The monoisotopic (exact) mass is 447 g/mol. The fraction of sp³-hybridized carbons (Fsp3) is 0.0556. The number of nitrogens with zero attached hydrogens (tertiary/aromatic N) is 3. The highest BCUT2D eigenvalue weighted by atomic mass is 127. The first-order chi connectivity index (χ1) is 12.0. The van der Waals surface area contributed by atoms with Gasteiger partial charge in [0.05, 0.1) is 24.1 Å². The van der Waals surface area contributed by atoms with Crippen molar-refractivity contribution in [2.45, 2.75) is 0 Å². The Morgan fingerprint density at radius 3 is 2.56 bits per heavy atom. The topological polar surface area (TPSA) is 67.9 Å². The van der Waals surface area contributed by atoms with Gasteiger partial charge in [0.1, 0.15) is 11.9 Å². The van der Waals surface area contributed by atoms with Crippen LogP contribution in [0.4, 0.5) is 4.39 Å². The maximum absolute atomic E-state index is 14.0. The van der Waals surface area contributed by atoms with E-state index < -0.39 is 11.8 Å². The maximum atomic E-state index is 14.0. The average Bonchev–Trinajstić information content (AvgIpc) is 3.07. The minimum atomic E-state index is -0.630. The predicted molar refractivity (Wildman–Crippen MR) is 97.7 cm³/mol. The number of carbonyl (C=O) groups excluding carboxylic acids is 1. The molecule has 1 aromatic heterocycles. The number of ether oxygens (including phenoxy) is 1. The predicted octanol–water partition coefficient (Wildman–Crippen LogP) is 3.94. The highest BCUT2D eigenvalue weighted by molar-refractivity contribution is 14.1. The molecular formula is C18H11FIN3O2.